The van der Waals surface area contributed by atoms with E-state index in [9.17, 15) is 9.59 Å². The van der Waals surface area contributed by atoms with Crippen LogP contribution in [0.25, 0.3) is 0 Å². The largest absolute Gasteiger partial charge is 0.339 e. The monoisotopic (exact) mass is 169 g/mol. The molecule has 0 bridgehead atoms. The van der Waals surface area contributed by atoms with Crippen LogP contribution in [0.4, 0.5) is 0 Å². The number of hydrogen-bond acceptors (Lipinski definition) is 2. The Hall–Kier alpha value is -0.860. The highest BCUT2D eigenvalue weighted by Crippen LogP contribution is 2.18. The second-order valence-corrected chi connectivity index (χ2v) is 3.59. The highest BCUT2D eigenvalue weighted by Gasteiger charge is 2.30. The second kappa shape index (κ2) is 3.25. The number of carbonyl (C=O) groups is 2. The molecule has 1 aliphatic heterocycles. The molecule has 2 unspecified atom stereocenters. The van der Waals surface area contributed by atoms with Crippen LogP contribution in [0.3, 0.4) is 0 Å². The van der Waals surface area contributed by atoms with Crippen LogP contribution in [0.2, 0.25) is 0 Å². The Kier molecular flexibility index (Phi) is 2.50. The third-order valence-corrected chi connectivity index (χ3v) is 2.45. The number of ketones is 1. The first-order valence-corrected chi connectivity index (χ1v) is 4.32. The highest BCUT2D eigenvalue weighted by molar-refractivity contribution is 5.85. The van der Waals surface area contributed by atoms with Crippen molar-refractivity contribution < 1.29 is 9.59 Å². The van der Waals surface area contributed by atoms with Gasteiger partial charge in [0, 0.05) is 31.8 Å². The lowest BCUT2D eigenvalue weighted by molar-refractivity contribution is -0.138. The van der Waals surface area contributed by atoms with E-state index >= 15 is 0 Å². The van der Waals surface area contributed by atoms with E-state index in [0.717, 1.165) is 0 Å². The summed E-state index contributed by atoms with van der Waals surface area (Å²) in [5.74, 6) is 0.368. The van der Waals surface area contributed by atoms with Crippen LogP contribution in [0, 0.1) is 5.92 Å². The molecule has 12 heavy (non-hydrogen) atoms. The zero-order chi connectivity index (χ0) is 9.30. The van der Waals surface area contributed by atoms with Crippen molar-refractivity contribution in [2.24, 2.45) is 5.92 Å². The maximum Gasteiger partial charge on any atom is 0.219 e. The van der Waals surface area contributed by atoms with Gasteiger partial charge in [0.15, 0.2) is 0 Å². The Morgan fingerprint density at radius 2 is 2.08 bits per heavy atom. The van der Waals surface area contributed by atoms with Gasteiger partial charge in [0.1, 0.15) is 5.78 Å². The number of hydrogen-bond donors (Lipinski definition) is 0. The Bertz CT molecular complexity index is 213. The summed E-state index contributed by atoms with van der Waals surface area (Å²) in [7, 11) is 0. The van der Waals surface area contributed by atoms with Crippen LogP contribution >= 0.6 is 0 Å². The number of piperidine rings is 1. The van der Waals surface area contributed by atoms with E-state index in [2.05, 4.69) is 0 Å². The third kappa shape index (κ3) is 1.65. The van der Waals surface area contributed by atoms with Crippen LogP contribution in [0.1, 0.15) is 27.2 Å². The molecule has 0 aromatic heterocycles. The van der Waals surface area contributed by atoms with Crippen LogP contribution in [0.15, 0.2) is 0 Å². The van der Waals surface area contributed by atoms with Crippen molar-refractivity contribution in [3.63, 3.8) is 0 Å². The molecule has 1 rings (SSSR count). The zero-order valence-electron chi connectivity index (χ0n) is 7.83. The first-order chi connectivity index (χ1) is 5.52. The molecule has 1 amide bonds. The van der Waals surface area contributed by atoms with Crippen molar-refractivity contribution in [2.45, 2.75) is 33.2 Å². The van der Waals surface area contributed by atoms with Gasteiger partial charge >= 0.3 is 0 Å². The van der Waals surface area contributed by atoms with Crippen molar-refractivity contribution in [1.29, 1.82) is 0 Å². The van der Waals surface area contributed by atoms with E-state index in [4.69, 9.17) is 0 Å². The molecule has 0 aliphatic carbocycles. The summed E-state index contributed by atoms with van der Waals surface area (Å²) < 4.78 is 0. The van der Waals surface area contributed by atoms with E-state index in [0.29, 0.717) is 13.0 Å². The molecular formula is C9H15NO2. The van der Waals surface area contributed by atoms with Gasteiger partial charge < -0.3 is 4.90 Å². The molecule has 0 aromatic rings. The lowest BCUT2D eigenvalue weighted by Gasteiger charge is -2.35. The van der Waals surface area contributed by atoms with Gasteiger partial charge in [-0.05, 0) is 6.92 Å². The fourth-order valence-electron chi connectivity index (χ4n) is 1.62. The third-order valence-electron chi connectivity index (χ3n) is 2.45. The van der Waals surface area contributed by atoms with Crippen molar-refractivity contribution in [2.75, 3.05) is 6.54 Å². The molecule has 0 saturated carbocycles. The van der Waals surface area contributed by atoms with E-state index in [1.807, 2.05) is 13.8 Å². The number of amides is 1. The number of Topliss-reactive ketones (excluding diaryl/α,β-unsaturated/α-hetero) is 1. The smallest absolute Gasteiger partial charge is 0.219 e. The van der Waals surface area contributed by atoms with E-state index in [1.165, 1.54) is 0 Å². The Balaban J connectivity index is 2.67. The molecule has 0 N–H and O–H groups in total. The molecule has 0 aromatic carbocycles. The van der Waals surface area contributed by atoms with Crippen LogP contribution in [0.5, 0.6) is 0 Å². The van der Waals surface area contributed by atoms with E-state index in [1.54, 1.807) is 11.8 Å². The first kappa shape index (κ1) is 9.23. The van der Waals surface area contributed by atoms with Crippen molar-refractivity contribution in [1.82, 2.24) is 4.90 Å². The Labute approximate surface area is 72.7 Å². The van der Waals surface area contributed by atoms with Crippen LogP contribution in [-0.4, -0.2) is 29.2 Å². The number of rotatable bonds is 0. The predicted octanol–water partition coefficient (Wildman–Crippen LogP) is 0.832. The van der Waals surface area contributed by atoms with E-state index < -0.39 is 0 Å². The van der Waals surface area contributed by atoms with Crippen molar-refractivity contribution >= 4 is 11.7 Å². The summed E-state index contributed by atoms with van der Waals surface area (Å²) in [5.41, 5.74) is 0. The minimum Gasteiger partial charge on any atom is -0.339 e. The molecule has 0 radical (unpaired) electrons. The molecule has 1 saturated heterocycles. The van der Waals surface area contributed by atoms with Gasteiger partial charge in [-0.3, -0.25) is 9.59 Å². The summed E-state index contributed by atoms with van der Waals surface area (Å²) in [4.78, 5) is 24.1. The Morgan fingerprint density at radius 1 is 1.50 bits per heavy atom. The van der Waals surface area contributed by atoms with Gasteiger partial charge in [0.25, 0.3) is 0 Å². The molecule has 2 atom stereocenters. The number of carbonyl (C=O) groups excluding carboxylic acids is 2. The summed E-state index contributed by atoms with van der Waals surface area (Å²) in [6.07, 6.45) is 0.515. The molecule has 1 fully saturated rings. The fourth-order valence-corrected chi connectivity index (χ4v) is 1.62. The summed E-state index contributed by atoms with van der Waals surface area (Å²) in [6.45, 7) is 5.95. The molecule has 3 nitrogen and oxygen atoms in total. The Morgan fingerprint density at radius 3 is 2.58 bits per heavy atom. The number of nitrogens with zero attached hydrogens (tertiary/aromatic N) is 1. The minimum absolute atomic E-state index is 0.0186. The first-order valence-electron chi connectivity index (χ1n) is 4.32. The van der Waals surface area contributed by atoms with Crippen LogP contribution < -0.4 is 0 Å². The maximum absolute atomic E-state index is 11.2. The zero-order valence-corrected chi connectivity index (χ0v) is 7.83. The SMILES string of the molecule is CC(=O)N1CC(C)C(=O)CC1C. The highest BCUT2D eigenvalue weighted by atomic mass is 16.2. The lowest BCUT2D eigenvalue weighted by Crippen LogP contribution is -2.47. The number of likely N-dealkylation sites (tertiary alicyclic amines) is 1. The molecule has 1 aliphatic rings. The standard InChI is InChI=1S/C9H15NO2/c1-6-5-10(8(3)11)7(2)4-9(6)12/h6-7H,4-5H2,1-3H3. The van der Waals surface area contributed by atoms with E-state index in [-0.39, 0.29) is 23.7 Å². The van der Waals surface area contributed by atoms with Crippen molar-refractivity contribution in [3.8, 4) is 0 Å². The van der Waals surface area contributed by atoms with Gasteiger partial charge in [-0.15, -0.1) is 0 Å². The minimum atomic E-state index is 0.0186. The lowest BCUT2D eigenvalue weighted by atomic mass is 9.93. The van der Waals surface area contributed by atoms with Crippen LogP contribution in [-0.2, 0) is 9.59 Å². The quantitative estimate of drug-likeness (QED) is 0.538. The summed E-state index contributed by atoms with van der Waals surface area (Å²) in [6, 6.07) is 0.0891. The van der Waals surface area contributed by atoms with Gasteiger partial charge in [-0.1, -0.05) is 6.92 Å². The summed E-state index contributed by atoms with van der Waals surface area (Å²) >= 11 is 0. The van der Waals surface area contributed by atoms with Gasteiger partial charge in [-0.25, -0.2) is 0 Å². The topological polar surface area (TPSA) is 37.4 Å². The molecule has 3 heteroatoms. The van der Waals surface area contributed by atoms with Crippen molar-refractivity contribution in [3.05, 3.63) is 0 Å². The predicted molar refractivity (Wildman–Crippen MR) is 45.6 cm³/mol. The average molecular weight is 169 g/mol. The maximum atomic E-state index is 11.2. The normalized spacial score (nSPS) is 30.6. The molecule has 0 spiro atoms. The van der Waals surface area contributed by atoms with Gasteiger partial charge in [-0.2, -0.15) is 0 Å². The second-order valence-electron chi connectivity index (χ2n) is 3.59. The fraction of sp³-hybridized carbons (Fsp3) is 0.778. The average Bonchev–Trinajstić information content (AvgIpc) is 1.96. The molecule has 1 heterocycles. The molecular weight excluding hydrogens is 154 g/mol. The van der Waals surface area contributed by atoms with Gasteiger partial charge in [0.05, 0.1) is 0 Å². The van der Waals surface area contributed by atoms with Gasteiger partial charge in [0.2, 0.25) is 5.91 Å². The molecule has 68 valence electrons. The summed E-state index contributed by atoms with van der Waals surface area (Å²) in [5, 5.41) is 0.